The van der Waals surface area contributed by atoms with Crippen LogP contribution in [0.5, 0.6) is 0 Å². The zero-order valence-electron chi connectivity index (χ0n) is 18.9. The third kappa shape index (κ3) is 3.52. The van der Waals surface area contributed by atoms with E-state index < -0.39 is 0 Å². The molecular weight excluding hydrogens is 380 g/mol. The van der Waals surface area contributed by atoms with Crippen molar-refractivity contribution in [2.24, 2.45) is 34.5 Å². The van der Waals surface area contributed by atoms with Crippen molar-refractivity contribution in [3.8, 4) is 0 Å². The molecule has 0 N–H and O–H groups in total. The van der Waals surface area contributed by atoms with Crippen LogP contribution >= 0.6 is 0 Å². The lowest BCUT2D eigenvalue weighted by atomic mass is 9.47. The molecule has 5 nitrogen and oxygen atoms in total. The number of fused-ring (bicyclic) bond motifs is 5. The highest BCUT2D eigenvalue weighted by Crippen LogP contribution is 2.66. The van der Waals surface area contributed by atoms with Gasteiger partial charge in [-0.05, 0) is 73.5 Å². The van der Waals surface area contributed by atoms with E-state index in [9.17, 15) is 14.4 Å². The normalized spacial score (nSPS) is 42.3. The molecule has 0 saturated heterocycles. The van der Waals surface area contributed by atoms with Crippen LogP contribution in [0.1, 0.15) is 79.1 Å². The monoisotopic (exact) mass is 416 g/mol. The van der Waals surface area contributed by atoms with E-state index in [2.05, 4.69) is 19.9 Å². The molecule has 0 amide bonds. The highest BCUT2D eigenvalue weighted by atomic mass is 16.5. The highest BCUT2D eigenvalue weighted by Gasteiger charge is 2.59. The number of ketones is 1. The summed E-state index contributed by atoms with van der Waals surface area (Å²) < 4.78 is 10.6. The van der Waals surface area contributed by atoms with Crippen molar-refractivity contribution < 1.29 is 23.9 Å². The van der Waals surface area contributed by atoms with Crippen molar-refractivity contribution in [1.82, 2.24) is 0 Å². The molecule has 3 saturated carbocycles. The second-order valence-electron chi connectivity index (χ2n) is 10.7. The van der Waals surface area contributed by atoms with Crippen LogP contribution in [-0.4, -0.2) is 30.4 Å². The minimum Gasteiger partial charge on any atom is -0.462 e. The van der Waals surface area contributed by atoms with Gasteiger partial charge in [0.05, 0.1) is 0 Å². The Bertz CT molecular complexity index is 770. The fourth-order valence-electron chi connectivity index (χ4n) is 7.77. The number of carbonyl (C=O) groups is 3. The number of hydrogen-bond acceptors (Lipinski definition) is 5. The summed E-state index contributed by atoms with van der Waals surface area (Å²) in [5, 5.41) is 0. The first-order valence-corrected chi connectivity index (χ1v) is 11.7. The van der Waals surface area contributed by atoms with Gasteiger partial charge in [-0.25, -0.2) is 0 Å². The first kappa shape index (κ1) is 21.6. The predicted octanol–water partition coefficient (Wildman–Crippen LogP) is 4.63. The Morgan fingerprint density at radius 1 is 1.00 bits per heavy atom. The maximum atomic E-state index is 12.9. The fraction of sp³-hybridized carbons (Fsp3) is 0.800. The molecule has 5 heteroatoms. The number of Topliss-reactive ketones (excluding diaryl/α,β-unsaturated/α-hetero) is 1. The topological polar surface area (TPSA) is 69.7 Å². The molecule has 166 valence electrons. The summed E-state index contributed by atoms with van der Waals surface area (Å²) >= 11 is 0. The smallest absolute Gasteiger partial charge is 0.303 e. The minimum atomic E-state index is -0.381. The van der Waals surface area contributed by atoms with Crippen molar-refractivity contribution in [3.05, 3.63) is 11.6 Å². The Hall–Kier alpha value is -1.65. The van der Waals surface area contributed by atoms with Crippen LogP contribution < -0.4 is 0 Å². The molecule has 0 aliphatic heterocycles. The van der Waals surface area contributed by atoms with Gasteiger partial charge < -0.3 is 9.47 Å². The van der Waals surface area contributed by atoms with Crippen molar-refractivity contribution in [2.75, 3.05) is 6.61 Å². The maximum Gasteiger partial charge on any atom is 0.303 e. The Morgan fingerprint density at radius 3 is 2.47 bits per heavy atom. The standard InChI is InChI=1S/C25H36O5/c1-15(26)29-14-23(28)22-8-7-20-19-6-5-17-13-18(30-16(2)27)9-11-24(17,3)21(19)10-12-25(20,22)4/h5,18-22H,6-14H2,1-4H3/t18-,19+,20+,21+,22-,24+,25+/m1/s1. The number of allylic oxidation sites excluding steroid dienone is 1. The molecule has 0 heterocycles. The lowest BCUT2D eigenvalue weighted by Crippen LogP contribution is -2.51. The summed E-state index contributed by atoms with van der Waals surface area (Å²) in [6, 6.07) is 0. The van der Waals surface area contributed by atoms with Gasteiger partial charge in [-0.1, -0.05) is 25.5 Å². The van der Waals surface area contributed by atoms with Gasteiger partial charge in [0.25, 0.3) is 0 Å². The van der Waals surface area contributed by atoms with Crippen LogP contribution in [0.3, 0.4) is 0 Å². The van der Waals surface area contributed by atoms with Crippen LogP contribution in [0.25, 0.3) is 0 Å². The summed E-state index contributed by atoms with van der Waals surface area (Å²) in [5.41, 5.74) is 1.71. The molecule has 0 radical (unpaired) electrons. The third-order valence-electron chi connectivity index (χ3n) is 9.20. The summed E-state index contributed by atoms with van der Waals surface area (Å²) in [7, 11) is 0. The van der Waals surface area contributed by atoms with E-state index in [1.807, 2.05) is 0 Å². The van der Waals surface area contributed by atoms with Crippen LogP contribution in [-0.2, 0) is 23.9 Å². The van der Waals surface area contributed by atoms with Gasteiger partial charge in [-0.15, -0.1) is 0 Å². The minimum absolute atomic E-state index is 0.0145. The number of ether oxygens (including phenoxy) is 2. The maximum absolute atomic E-state index is 12.9. The number of carbonyl (C=O) groups excluding carboxylic acids is 3. The second-order valence-corrected chi connectivity index (χ2v) is 10.7. The van der Waals surface area contributed by atoms with E-state index in [-0.39, 0.29) is 47.2 Å². The van der Waals surface area contributed by atoms with Gasteiger partial charge in [-0.2, -0.15) is 0 Å². The SMILES string of the molecule is CC(=O)OCC(=O)[C@H]1CC[C@H]2[C@@H]3CC=C4C[C@H](OC(C)=O)CC[C@]4(C)[C@H]3CC[C@]12C. The molecule has 3 fully saturated rings. The zero-order valence-corrected chi connectivity index (χ0v) is 18.9. The third-order valence-corrected chi connectivity index (χ3v) is 9.20. The molecule has 0 aromatic rings. The second kappa shape index (κ2) is 7.80. The van der Waals surface area contributed by atoms with Crippen molar-refractivity contribution in [3.63, 3.8) is 0 Å². The zero-order chi connectivity index (χ0) is 21.7. The lowest BCUT2D eigenvalue weighted by Gasteiger charge is -2.58. The Labute approximate surface area is 179 Å². The van der Waals surface area contributed by atoms with E-state index >= 15 is 0 Å². The molecule has 0 spiro atoms. The molecule has 0 bridgehead atoms. The van der Waals surface area contributed by atoms with E-state index in [0.29, 0.717) is 17.8 Å². The average Bonchev–Trinajstić information content (AvgIpc) is 3.03. The van der Waals surface area contributed by atoms with Crippen LogP contribution in [0.4, 0.5) is 0 Å². The van der Waals surface area contributed by atoms with Crippen molar-refractivity contribution in [1.29, 1.82) is 0 Å². The Morgan fingerprint density at radius 2 is 1.77 bits per heavy atom. The summed E-state index contributed by atoms with van der Waals surface area (Å²) in [5.74, 6) is 1.39. The largest absolute Gasteiger partial charge is 0.462 e. The van der Waals surface area contributed by atoms with Gasteiger partial charge in [0.2, 0.25) is 0 Å². The molecule has 4 rings (SSSR count). The first-order valence-electron chi connectivity index (χ1n) is 11.7. The first-order chi connectivity index (χ1) is 14.1. The van der Waals surface area contributed by atoms with Gasteiger partial charge in [0.1, 0.15) is 12.7 Å². The molecule has 0 aromatic heterocycles. The quantitative estimate of drug-likeness (QED) is 0.494. The molecular formula is C25H36O5. The molecule has 4 aliphatic carbocycles. The molecule has 0 aromatic carbocycles. The summed E-state index contributed by atoms with van der Waals surface area (Å²) in [6.45, 7) is 7.54. The number of esters is 2. The molecule has 7 atom stereocenters. The van der Waals surface area contributed by atoms with Crippen LogP contribution in [0.2, 0.25) is 0 Å². The number of rotatable bonds is 4. The van der Waals surface area contributed by atoms with E-state index in [0.717, 1.165) is 51.4 Å². The van der Waals surface area contributed by atoms with E-state index in [4.69, 9.17) is 9.47 Å². The average molecular weight is 417 g/mol. The van der Waals surface area contributed by atoms with Crippen LogP contribution in [0.15, 0.2) is 11.6 Å². The number of hydrogen-bond donors (Lipinski definition) is 0. The summed E-state index contributed by atoms with van der Waals surface area (Å²) in [4.78, 5) is 35.4. The van der Waals surface area contributed by atoms with E-state index in [1.54, 1.807) is 0 Å². The molecule has 30 heavy (non-hydrogen) atoms. The lowest BCUT2D eigenvalue weighted by molar-refractivity contribution is -0.150. The Balaban J connectivity index is 1.51. The van der Waals surface area contributed by atoms with Gasteiger partial charge >= 0.3 is 11.9 Å². The van der Waals surface area contributed by atoms with E-state index in [1.165, 1.54) is 19.4 Å². The summed E-state index contributed by atoms with van der Waals surface area (Å²) in [6.07, 6.45) is 10.7. The van der Waals surface area contributed by atoms with Gasteiger partial charge in [0, 0.05) is 26.2 Å². The van der Waals surface area contributed by atoms with Crippen molar-refractivity contribution in [2.45, 2.75) is 85.2 Å². The predicted molar refractivity (Wildman–Crippen MR) is 112 cm³/mol. The van der Waals surface area contributed by atoms with Crippen molar-refractivity contribution >= 4 is 17.7 Å². The molecule has 4 aliphatic rings. The highest BCUT2D eigenvalue weighted by molar-refractivity contribution is 5.85. The van der Waals surface area contributed by atoms with Crippen LogP contribution in [0, 0.1) is 34.5 Å². The molecule has 0 unspecified atom stereocenters. The van der Waals surface area contributed by atoms with Gasteiger partial charge in [0.15, 0.2) is 5.78 Å². The van der Waals surface area contributed by atoms with Gasteiger partial charge in [-0.3, -0.25) is 14.4 Å². The fourth-order valence-corrected chi connectivity index (χ4v) is 7.77. The Kier molecular flexibility index (Phi) is 5.61.